The van der Waals surface area contributed by atoms with Crippen molar-refractivity contribution < 1.29 is 9.53 Å². The van der Waals surface area contributed by atoms with Gasteiger partial charge >= 0.3 is 0 Å². The van der Waals surface area contributed by atoms with E-state index < -0.39 is 0 Å². The summed E-state index contributed by atoms with van der Waals surface area (Å²) in [4.78, 5) is 14.8. The molecule has 1 aromatic carbocycles. The van der Waals surface area contributed by atoms with Crippen LogP contribution in [-0.2, 0) is 4.74 Å². The maximum atomic E-state index is 12.8. The molecule has 1 aliphatic heterocycles. The van der Waals surface area contributed by atoms with Gasteiger partial charge < -0.3 is 15.0 Å². The Balaban J connectivity index is 1.78. The Morgan fingerprint density at radius 2 is 2.00 bits per heavy atom. The minimum absolute atomic E-state index is 0.0826. The van der Waals surface area contributed by atoms with Crippen LogP contribution in [0.2, 0.25) is 0 Å². The van der Waals surface area contributed by atoms with Gasteiger partial charge in [0.2, 0.25) is 0 Å². The molecule has 0 atom stereocenters. The topological polar surface area (TPSA) is 41.6 Å². The number of nitrogens with zero attached hydrogens (tertiary/aromatic N) is 1. The quantitative estimate of drug-likeness (QED) is 0.910. The molecule has 0 bridgehead atoms. The van der Waals surface area contributed by atoms with Gasteiger partial charge in [-0.1, -0.05) is 31.4 Å². The van der Waals surface area contributed by atoms with Crippen molar-refractivity contribution in [3.05, 3.63) is 29.8 Å². The summed E-state index contributed by atoms with van der Waals surface area (Å²) in [6, 6.07) is 7.72. The second-order valence-corrected chi connectivity index (χ2v) is 6.11. The highest BCUT2D eigenvalue weighted by Crippen LogP contribution is 2.35. The van der Waals surface area contributed by atoms with Crippen LogP contribution in [0.3, 0.4) is 0 Å². The molecule has 4 heteroatoms. The van der Waals surface area contributed by atoms with Crippen molar-refractivity contribution in [3.8, 4) is 0 Å². The van der Waals surface area contributed by atoms with E-state index >= 15 is 0 Å². The minimum atomic E-state index is -0.0826. The molecule has 2 fully saturated rings. The van der Waals surface area contributed by atoms with E-state index in [1.807, 2.05) is 36.2 Å². The Morgan fingerprint density at radius 3 is 2.76 bits per heavy atom. The highest BCUT2D eigenvalue weighted by atomic mass is 16.5. The molecule has 0 aromatic heterocycles. The predicted molar refractivity (Wildman–Crippen MR) is 83.7 cm³/mol. The number of hydrogen-bond donors (Lipinski definition) is 1. The molecule has 1 saturated heterocycles. The summed E-state index contributed by atoms with van der Waals surface area (Å²) in [6.45, 7) is 2.09. The summed E-state index contributed by atoms with van der Waals surface area (Å²) in [5, 5.41) is 3.11. The molecule has 1 aromatic rings. The van der Waals surface area contributed by atoms with Crippen molar-refractivity contribution in [1.29, 1.82) is 0 Å². The number of anilines is 1. The number of morpholine rings is 1. The summed E-state index contributed by atoms with van der Waals surface area (Å²) < 4.78 is 6.07. The smallest absolute Gasteiger partial charge is 0.256 e. The van der Waals surface area contributed by atoms with Gasteiger partial charge in [0.1, 0.15) is 0 Å². The predicted octanol–water partition coefficient (Wildman–Crippen LogP) is 2.90. The lowest BCUT2D eigenvalue weighted by Crippen LogP contribution is -2.54. The van der Waals surface area contributed by atoms with Crippen LogP contribution < -0.4 is 5.32 Å². The number of ether oxygens (including phenoxy) is 1. The van der Waals surface area contributed by atoms with Gasteiger partial charge in [0, 0.05) is 19.3 Å². The number of rotatable bonds is 2. The number of nitrogens with one attached hydrogen (secondary N) is 1. The third-order valence-corrected chi connectivity index (χ3v) is 4.73. The van der Waals surface area contributed by atoms with Crippen molar-refractivity contribution in [3.63, 3.8) is 0 Å². The van der Waals surface area contributed by atoms with Gasteiger partial charge in [0.25, 0.3) is 5.91 Å². The van der Waals surface area contributed by atoms with Crippen LogP contribution in [0.4, 0.5) is 5.69 Å². The molecule has 0 radical (unpaired) electrons. The van der Waals surface area contributed by atoms with Gasteiger partial charge in [-0.2, -0.15) is 0 Å². The van der Waals surface area contributed by atoms with Crippen molar-refractivity contribution in [1.82, 2.24) is 4.90 Å². The van der Waals surface area contributed by atoms with Crippen LogP contribution in [0.25, 0.3) is 0 Å². The second kappa shape index (κ2) is 6.06. The van der Waals surface area contributed by atoms with E-state index in [1.54, 1.807) is 0 Å². The molecule has 1 amide bonds. The van der Waals surface area contributed by atoms with Gasteiger partial charge in [-0.3, -0.25) is 4.79 Å². The van der Waals surface area contributed by atoms with Crippen LogP contribution in [-0.4, -0.2) is 43.2 Å². The van der Waals surface area contributed by atoms with Crippen LogP contribution in [0.1, 0.15) is 42.5 Å². The second-order valence-electron chi connectivity index (χ2n) is 6.11. The molecule has 114 valence electrons. The first-order valence-corrected chi connectivity index (χ1v) is 7.94. The fourth-order valence-electron chi connectivity index (χ4n) is 3.57. The Morgan fingerprint density at radius 1 is 1.24 bits per heavy atom. The maximum absolute atomic E-state index is 12.8. The maximum Gasteiger partial charge on any atom is 0.256 e. The van der Waals surface area contributed by atoms with Crippen molar-refractivity contribution in [2.75, 3.05) is 32.1 Å². The molecule has 0 unspecified atom stereocenters. The van der Waals surface area contributed by atoms with E-state index in [-0.39, 0.29) is 11.5 Å². The molecule has 21 heavy (non-hydrogen) atoms. The summed E-state index contributed by atoms with van der Waals surface area (Å²) in [7, 11) is 1.86. The van der Waals surface area contributed by atoms with Gasteiger partial charge in [-0.15, -0.1) is 0 Å². The van der Waals surface area contributed by atoms with Crippen LogP contribution in [0.5, 0.6) is 0 Å². The normalized spacial score (nSPS) is 21.3. The van der Waals surface area contributed by atoms with Crippen molar-refractivity contribution in [2.24, 2.45) is 0 Å². The van der Waals surface area contributed by atoms with E-state index in [4.69, 9.17) is 4.74 Å². The lowest BCUT2D eigenvalue weighted by molar-refractivity contribution is -0.117. The summed E-state index contributed by atoms with van der Waals surface area (Å²) in [6.07, 6.45) is 5.90. The first-order chi connectivity index (χ1) is 10.2. The summed E-state index contributed by atoms with van der Waals surface area (Å²) >= 11 is 0. The fourth-order valence-corrected chi connectivity index (χ4v) is 3.57. The van der Waals surface area contributed by atoms with Crippen LogP contribution >= 0.6 is 0 Å². The molecule has 1 saturated carbocycles. The number of para-hydroxylation sites is 1. The number of hydrogen-bond acceptors (Lipinski definition) is 3. The SMILES string of the molecule is CNc1ccccc1C(=O)N1CCOC2(CCCCC2)C1. The Hall–Kier alpha value is -1.55. The summed E-state index contributed by atoms with van der Waals surface area (Å²) in [5.41, 5.74) is 1.57. The molecule has 1 N–H and O–H groups in total. The lowest BCUT2D eigenvalue weighted by Gasteiger charge is -2.45. The fraction of sp³-hybridized carbons (Fsp3) is 0.588. The van der Waals surface area contributed by atoms with Crippen molar-refractivity contribution in [2.45, 2.75) is 37.7 Å². The molecule has 3 rings (SSSR count). The lowest BCUT2D eigenvalue weighted by atomic mass is 9.83. The largest absolute Gasteiger partial charge is 0.387 e. The van der Waals surface area contributed by atoms with E-state index in [0.717, 1.165) is 30.6 Å². The van der Waals surface area contributed by atoms with Gasteiger partial charge in [-0.05, 0) is 25.0 Å². The first kappa shape index (κ1) is 14.4. The van der Waals surface area contributed by atoms with Crippen molar-refractivity contribution >= 4 is 11.6 Å². The summed E-state index contributed by atoms with van der Waals surface area (Å²) in [5.74, 6) is 0.119. The number of carbonyl (C=O) groups excluding carboxylic acids is 1. The Kier molecular flexibility index (Phi) is 4.15. The molecule has 1 heterocycles. The highest BCUT2D eigenvalue weighted by Gasteiger charge is 2.39. The van der Waals surface area contributed by atoms with E-state index in [0.29, 0.717) is 13.2 Å². The molecule has 4 nitrogen and oxygen atoms in total. The molecule has 1 aliphatic carbocycles. The zero-order valence-electron chi connectivity index (χ0n) is 12.7. The van der Waals surface area contributed by atoms with Gasteiger partial charge in [-0.25, -0.2) is 0 Å². The Labute approximate surface area is 126 Å². The van der Waals surface area contributed by atoms with Crippen LogP contribution in [0, 0.1) is 0 Å². The van der Waals surface area contributed by atoms with Crippen LogP contribution in [0.15, 0.2) is 24.3 Å². The molecular formula is C17H24N2O2. The van der Waals surface area contributed by atoms with E-state index in [1.165, 1.54) is 19.3 Å². The average molecular weight is 288 g/mol. The highest BCUT2D eigenvalue weighted by molar-refractivity contribution is 5.99. The number of amides is 1. The van der Waals surface area contributed by atoms with E-state index in [9.17, 15) is 4.79 Å². The first-order valence-electron chi connectivity index (χ1n) is 7.94. The molecule has 1 spiro atoms. The third-order valence-electron chi connectivity index (χ3n) is 4.73. The monoisotopic (exact) mass is 288 g/mol. The Bertz CT molecular complexity index is 504. The van der Waals surface area contributed by atoms with Gasteiger partial charge in [0.15, 0.2) is 0 Å². The molecular weight excluding hydrogens is 264 g/mol. The standard InChI is InChI=1S/C17H24N2O2/c1-18-15-8-4-3-7-14(15)16(20)19-11-12-21-17(13-19)9-5-2-6-10-17/h3-4,7-8,18H,2,5-6,9-13H2,1H3. The number of carbonyl (C=O) groups is 1. The number of benzene rings is 1. The third kappa shape index (κ3) is 2.91. The zero-order valence-corrected chi connectivity index (χ0v) is 12.7. The molecule has 2 aliphatic rings. The minimum Gasteiger partial charge on any atom is -0.387 e. The average Bonchev–Trinajstić information content (AvgIpc) is 2.55. The van der Waals surface area contributed by atoms with Gasteiger partial charge in [0.05, 0.1) is 24.3 Å². The zero-order chi connectivity index (χ0) is 14.7. The van der Waals surface area contributed by atoms with E-state index in [2.05, 4.69) is 5.32 Å².